The van der Waals surface area contributed by atoms with Gasteiger partial charge in [0.2, 0.25) is 0 Å². The van der Waals surface area contributed by atoms with Crippen LogP contribution in [0.3, 0.4) is 0 Å². The SMILES string of the molecule is CC1(C)c2cccc3c2Oc2c1ccc1cccc(c21)-c1cc(-c2nc(-c4ccccc4)c4sc5ccccc5c4n2)ccc1N3. The highest BCUT2D eigenvalue weighted by molar-refractivity contribution is 7.26. The normalized spacial score (nSPS) is 14.0. The van der Waals surface area contributed by atoms with Crippen LogP contribution in [0, 0.1) is 0 Å². The van der Waals surface area contributed by atoms with Crippen molar-refractivity contribution in [1.29, 1.82) is 0 Å². The Morgan fingerprint density at radius 3 is 2.39 bits per heavy atom. The van der Waals surface area contributed by atoms with Crippen LogP contribution in [0.25, 0.3) is 64.8 Å². The number of rotatable bonds is 2. The van der Waals surface area contributed by atoms with E-state index in [1.54, 1.807) is 11.3 Å². The Kier molecular flexibility index (Phi) is 5.18. The summed E-state index contributed by atoms with van der Waals surface area (Å²) in [7, 11) is 0. The maximum atomic E-state index is 6.87. The largest absolute Gasteiger partial charge is 0.454 e. The molecular formula is C41H27N3OS. The summed E-state index contributed by atoms with van der Waals surface area (Å²) in [6, 6.07) is 42.9. The van der Waals surface area contributed by atoms with E-state index >= 15 is 0 Å². The lowest BCUT2D eigenvalue weighted by atomic mass is 9.74. The molecule has 0 radical (unpaired) electrons. The smallest absolute Gasteiger partial charge is 0.160 e. The highest BCUT2D eigenvalue weighted by Gasteiger charge is 2.37. The van der Waals surface area contributed by atoms with Crippen LogP contribution in [0.15, 0.2) is 121 Å². The van der Waals surface area contributed by atoms with Gasteiger partial charge in [0.25, 0.3) is 0 Å². The van der Waals surface area contributed by atoms with Crippen LogP contribution in [-0.4, -0.2) is 9.97 Å². The summed E-state index contributed by atoms with van der Waals surface area (Å²) in [6.07, 6.45) is 0. The van der Waals surface area contributed by atoms with Crippen molar-refractivity contribution in [1.82, 2.24) is 9.97 Å². The predicted octanol–water partition coefficient (Wildman–Crippen LogP) is 11.5. The Bertz CT molecular complexity index is 2570. The molecule has 0 spiro atoms. The van der Waals surface area contributed by atoms with Gasteiger partial charge in [-0.1, -0.05) is 105 Å². The molecular weight excluding hydrogens is 583 g/mol. The summed E-state index contributed by atoms with van der Waals surface area (Å²) in [5.41, 5.74) is 10.4. The number of fused-ring (bicyclic) bond motifs is 5. The Morgan fingerprint density at radius 1 is 0.652 bits per heavy atom. The van der Waals surface area contributed by atoms with Crippen molar-refractivity contribution in [2.75, 3.05) is 5.32 Å². The van der Waals surface area contributed by atoms with E-state index in [4.69, 9.17) is 14.7 Å². The van der Waals surface area contributed by atoms with Crippen LogP contribution in [0.4, 0.5) is 11.4 Å². The van der Waals surface area contributed by atoms with Gasteiger partial charge in [0.1, 0.15) is 5.75 Å². The van der Waals surface area contributed by atoms with Gasteiger partial charge in [0.05, 0.1) is 21.6 Å². The maximum absolute atomic E-state index is 6.87. The molecule has 0 aliphatic carbocycles. The Labute approximate surface area is 270 Å². The molecule has 1 N–H and O–H groups in total. The second-order valence-corrected chi connectivity index (χ2v) is 13.7. The lowest BCUT2D eigenvalue weighted by Crippen LogP contribution is -2.24. The second kappa shape index (κ2) is 9.25. The Morgan fingerprint density at radius 2 is 1.48 bits per heavy atom. The molecule has 0 saturated carbocycles. The third-order valence-corrected chi connectivity index (χ3v) is 10.8. The molecule has 10 rings (SSSR count). The Balaban J connectivity index is 1.27. The van der Waals surface area contributed by atoms with E-state index in [1.807, 2.05) is 6.07 Å². The first-order valence-electron chi connectivity index (χ1n) is 15.6. The van der Waals surface area contributed by atoms with Crippen LogP contribution in [0.5, 0.6) is 11.5 Å². The van der Waals surface area contributed by atoms with Crippen molar-refractivity contribution >= 4 is 53.8 Å². The van der Waals surface area contributed by atoms with Gasteiger partial charge < -0.3 is 10.1 Å². The average Bonchev–Trinajstić information content (AvgIpc) is 3.49. The molecule has 2 aliphatic heterocycles. The molecule has 0 fully saturated rings. The summed E-state index contributed by atoms with van der Waals surface area (Å²) in [6.45, 7) is 4.58. The third-order valence-electron chi connectivity index (χ3n) is 9.67. The predicted molar refractivity (Wildman–Crippen MR) is 191 cm³/mol. The molecule has 2 bridgehead atoms. The molecule has 4 nitrogen and oxygen atoms in total. The summed E-state index contributed by atoms with van der Waals surface area (Å²) in [4.78, 5) is 10.5. The highest BCUT2D eigenvalue weighted by atomic mass is 32.1. The molecule has 6 aromatic carbocycles. The number of hydrogen-bond donors (Lipinski definition) is 1. The minimum atomic E-state index is -0.218. The van der Waals surface area contributed by atoms with E-state index in [2.05, 4.69) is 134 Å². The van der Waals surface area contributed by atoms with Crippen LogP contribution < -0.4 is 10.1 Å². The first kappa shape index (κ1) is 25.8. The van der Waals surface area contributed by atoms with Crippen molar-refractivity contribution in [3.8, 4) is 45.3 Å². The van der Waals surface area contributed by atoms with Crippen molar-refractivity contribution in [2.45, 2.75) is 19.3 Å². The lowest BCUT2D eigenvalue weighted by molar-refractivity contribution is 0.425. The van der Waals surface area contributed by atoms with Crippen LogP contribution in [0.1, 0.15) is 25.0 Å². The molecule has 8 aromatic rings. The van der Waals surface area contributed by atoms with Crippen LogP contribution in [0.2, 0.25) is 0 Å². The van der Waals surface area contributed by atoms with Crippen molar-refractivity contribution in [3.05, 3.63) is 132 Å². The summed E-state index contributed by atoms with van der Waals surface area (Å²) in [5, 5.41) is 7.21. The van der Waals surface area contributed by atoms with E-state index in [0.717, 1.165) is 77.2 Å². The number of anilines is 2. The quantitative estimate of drug-likeness (QED) is 0.212. The zero-order valence-corrected chi connectivity index (χ0v) is 26.1. The number of benzene rings is 6. The minimum absolute atomic E-state index is 0.218. The zero-order valence-electron chi connectivity index (χ0n) is 25.3. The fraction of sp³-hybridized carbons (Fsp3) is 0.0732. The molecule has 218 valence electrons. The highest BCUT2D eigenvalue weighted by Crippen LogP contribution is 2.56. The van der Waals surface area contributed by atoms with Gasteiger partial charge in [0.15, 0.2) is 11.6 Å². The fourth-order valence-corrected chi connectivity index (χ4v) is 8.48. The standard InChI is InChI=1S/C41H27N3OS/c1-41(2)29-15-9-16-32-37(29)45-38-30(41)20-18-23-12-8-14-26(34(23)38)28-22-25(19-21-31(28)42-32)40-43-35(24-10-4-3-5-11-24)39-36(44-40)27-13-6-7-17-33(27)46-39/h3-22,42H,1-2H3. The number of ether oxygens (including phenoxy) is 1. The van der Waals surface area contributed by atoms with Crippen molar-refractivity contribution in [2.24, 2.45) is 0 Å². The first-order valence-corrected chi connectivity index (χ1v) is 16.4. The van der Waals surface area contributed by atoms with Crippen molar-refractivity contribution in [3.63, 3.8) is 0 Å². The molecule has 4 heterocycles. The van der Waals surface area contributed by atoms with E-state index in [1.165, 1.54) is 15.8 Å². The summed E-state index contributed by atoms with van der Waals surface area (Å²) >= 11 is 1.76. The average molecular weight is 610 g/mol. The number of hydrogen-bond acceptors (Lipinski definition) is 5. The van der Waals surface area contributed by atoms with Gasteiger partial charge in [-0.3, -0.25) is 0 Å². The fourth-order valence-electron chi connectivity index (χ4n) is 7.33. The maximum Gasteiger partial charge on any atom is 0.160 e. The minimum Gasteiger partial charge on any atom is -0.454 e. The monoisotopic (exact) mass is 609 g/mol. The molecule has 46 heavy (non-hydrogen) atoms. The van der Waals surface area contributed by atoms with E-state index < -0.39 is 0 Å². The van der Waals surface area contributed by atoms with Crippen LogP contribution >= 0.6 is 11.3 Å². The van der Waals surface area contributed by atoms with E-state index in [9.17, 15) is 0 Å². The first-order chi connectivity index (χ1) is 22.5. The van der Waals surface area contributed by atoms with Gasteiger partial charge in [-0.2, -0.15) is 0 Å². The van der Waals surface area contributed by atoms with E-state index in [-0.39, 0.29) is 5.41 Å². The number of para-hydroxylation sites is 1. The molecule has 5 heteroatoms. The van der Waals surface area contributed by atoms with Gasteiger partial charge >= 0.3 is 0 Å². The number of aromatic nitrogens is 2. The van der Waals surface area contributed by atoms with Gasteiger partial charge in [-0.15, -0.1) is 11.3 Å². The molecule has 2 aliphatic rings. The number of nitrogens with zero attached hydrogens (tertiary/aromatic N) is 2. The van der Waals surface area contributed by atoms with Crippen LogP contribution in [-0.2, 0) is 5.41 Å². The van der Waals surface area contributed by atoms with E-state index in [0.29, 0.717) is 5.82 Å². The Hall–Kier alpha value is -5.52. The second-order valence-electron chi connectivity index (χ2n) is 12.7. The molecule has 0 atom stereocenters. The third kappa shape index (κ3) is 3.55. The summed E-state index contributed by atoms with van der Waals surface area (Å²) < 4.78 is 9.20. The van der Waals surface area contributed by atoms with Gasteiger partial charge in [-0.05, 0) is 41.3 Å². The summed E-state index contributed by atoms with van der Waals surface area (Å²) in [5.74, 6) is 2.54. The number of nitrogens with one attached hydrogen (secondary N) is 1. The topological polar surface area (TPSA) is 47.0 Å². The van der Waals surface area contributed by atoms with Gasteiger partial charge in [0, 0.05) is 54.4 Å². The molecule has 2 aromatic heterocycles. The molecule has 0 unspecified atom stereocenters. The zero-order chi connectivity index (χ0) is 30.6. The van der Waals surface area contributed by atoms with Gasteiger partial charge in [-0.25, -0.2) is 9.97 Å². The number of thiophene rings is 1. The lowest BCUT2D eigenvalue weighted by Gasteiger charge is -2.36. The molecule has 0 saturated heterocycles. The van der Waals surface area contributed by atoms with Crippen molar-refractivity contribution < 1.29 is 4.74 Å². The molecule has 0 amide bonds.